The number of nitrogens with two attached hydrogens (primary N) is 1. The van der Waals surface area contributed by atoms with Gasteiger partial charge in [0.1, 0.15) is 0 Å². The highest BCUT2D eigenvalue weighted by atomic mass is 79.9. The highest BCUT2D eigenvalue weighted by molar-refractivity contribution is 9.10. The van der Waals surface area contributed by atoms with E-state index in [4.69, 9.17) is 5.73 Å². The van der Waals surface area contributed by atoms with Gasteiger partial charge in [-0.25, -0.2) is 0 Å². The van der Waals surface area contributed by atoms with Gasteiger partial charge in [-0.1, -0.05) is 6.92 Å². The van der Waals surface area contributed by atoms with Crippen LogP contribution in [0.25, 0.3) is 0 Å². The molecule has 1 aromatic rings. The van der Waals surface area contributed by atoms with Crippen LogP contribution in [0.2, 0.25) is 0 Å². The van der Waals surface area contributed by atoms with E-state index in [9.17, 15) is 18.0 Å². The van der Waals surface area contributed by atoms with Crippen molar-refractivity contribution in [3.8, 4) is 0 Å². The number of rotatable bonds is 3. The van der Waals surface area contributed by atoms with Gasteiger partial charge in [0.2, 0.25) is 5.91 Å². The first-order valence-corrected chi connectivity index (χ1v) is 6.34. The molecule has 0 saturated heterocycles. The van der Waals surface area contributed by atoms with E-state index >= 15 is 0 Å². The molecule has 3 nitrogen and oxygen atoms in total. The number of amides is 1. The number of benzene rings is 1. The first-order valence-electron chi connectivity index (χ1n) is 5.55. The van der Waals surface area contributed by atoms with Crippen LogP contribution in [0.4, 0.5) is 18.9 Å². The number of halogens is 4. The number of alkyl halides is 3. The van der Waals surface area contributed by atoms with E-state index < -0.39 is 23.2 Å². The van der Waals surface area contributed by atoms with Gasteiger partial charge in [0.25, 0.3) is 0 Å². The molecule has 0 saturated carbocycles. The van der Waals surface area contributed by atoms with Crippen LogP contribution in [0.1, 0.15) is 25.8 Å². The number of anilines is 1. The summed E-state index contributed by atoms with van der Waals surface area (Å²) in [6.45, 7) is 3.24. The molecule has 0 heterocycles. The summed E-state index contributed by atoms with van der Waals surface area (Å²) >= 11 is 3.09. The maximum Gasteiger partial charge on any atom is 0.416 e. The standard InChI is InChI=1S/C12H14BrF3N2O/c1-3-11(2,17)10(19)18-9-6-7(12(14,15)16)4-5-8(9)13/h4-6H,3,17H2,1-2H3,(H,18,19). The Morgan fingerprint density at radius 3 is 2.47 bits per heavy atom. The lowest BCUT2D eigenvalue weighted by Gasteiger charge is -2.22. The Bertz CT molecular complexity index is 486. The zero-order chi connectivity index (χ0) is 14.8. The highest BCUT2D eigenvalue weighted by Gasteiger charge is 2.32. The first kappa shape index (κ1) is 16.0. The third-order valence-corrected chi connectivity index (χ3v) is 3.49. The Hall–Kier alpha value is -1.08. The smallest absolute Gasteiger partial charge is 0.323 e. The molecule has 1 unspecified atom stereocenters. The van der Waals surface area contributed by atoms with Crippen molar-refractivity contribution in [3.05, 3.63) is 28.2 Å². The van der Waals surface area contributed by atoms with Crippen LogP contribution >= 0.6 is 15.9 Å². The fourth-order valence-electron chi connectivity index (χ4n) is 1.22. The van der Waals surface area contributed by atoms with Crippen molar-refractivity contribution in [3.63, 3.8) is 0 Å². The van der Waals surface area contributed by atoms with Crippen molar-refractivity contribution in [2.45, 2.75) is 32.0 Å². The summed E-state index contributed by atoms with van der Waals surface area (Å²) in [4.78, 5) is 11.8. The second-order valence-electron chi connectivity index (χ2n) is 4.42. The molecule has 0 aromatic heterocycles. The van der Waals surface area contributed by atoms with Crippen molar-refractivity contribution in [1.29, 1.82) is 0 Å². The summed E-state index contributed by atoms with van der Waals surface area (Å²) in [5.41, 5.74) is 3.81. The number of nitrogens with one attached hydrogen (secondary N) is 1. The topological polar surface area (TPSA) is 55.1 Å². The summed E-state index contributed by atoms with van der Waals surface area (Å²) < 4.78 is 38.1. The molecular weight excluding hydrogens is 325 g/mol. The van der Waals surface area contributed by atoms with Crippen molar-refractivity contribution >= 4 is 27.5 Å². The molecule has 1 aromatic carbocycles. The summed E-state index contributed by atoms with van der Waals surface area (Å²) in [7, 11) is 0. The molecule has 3 N–H and O–H groups in total. The van der Waals surface area contributed by atoms with E-state index in [0.717, 1.165) is 12.1 Å². The van der Waals surface area contributed by atoms with E-state index in [-0.39, 0.29) is 5.69 Å². The largest absolute Gasteiger partial charge is 0.416 e. The number of carbonyl (C=O) groups is 1. The maximum atomic E-state index is 12.6. The Balaban J connectivity index is 3.05. The second kappa shape index (κ2) is 5.50. The Labute approximate surface area is 117 Å². The van der Waals surface area contributed by atoms with E-state index in [0.29, 0.717) is 10.9 Å². The SMILES string of the molecule is CCC(C)(N)C(=O)Nc1cc(C(F)(F)F)ccc1Br. The lowest BCUT2D eigenvalue weighted by atomic mass is 9.99. The van der Waals surface area contributed by atoms with Gasteiger partial charge < -0.3 is 11.1 Å². The van der Waals surface area contributed by atoms with E-state index in [2.05, 4.69) is 21.2 Å². The fraction of sp³-hybridized carbons (Fsp3) is 0.417. The van der Waals surface area contributed by atoms with E-state index in [1.54, 1.807) is 6.92 Å². The van der Waals surface area contributed by atoms with Gasteiger partial charge in [0.15, 0.2) is 0 Å². The molecule has 0 bridgehead atoms. The molecule has 0 spiro atoms. The number of carbonyl (C=O) groups excluding carboxylic acids is 1. The second-order valence-corrected chi connectivity index (χ2v) is 5.27. The Kier molecular flexibility index (Phi) is 4.63. The van der Waals surface area contributed by atoms with Crippen LogP contribution in [0, 0.1) is 0 Å². The van der Waals surface area contributed by atoms with Gasteiger partial charge in [-0.2, -0.15) is 13.2 Å². The number of hydrogen-bond acceptors (Lipinski definition) is 2. The molecule has 1 rings (SSSR count). The predicted molar refractivity (Wildman–Crippen MR) is 70.7 cm³/mol. The Morgan fingerprint density at radius 2 is 2.00 bits per heavy atom. The third-order valence-electron chi connectivity index (χ3n) is 2.80. The van der Waals surface area contributed by atoms with Crippen molar-refractivity contribution in [1.82, 2.24) is 0 Å². The molecule has 7 heteroatoms. The van der Waals surface area contributed by atoms with Gasteiger partial charge in [0.05, 0.1) is 16.8 Å². The summed E-state index contributed by atoms with van der Waals surface area (Å²) in [6.07, 6.45) is -4.09. The first-order chi connectivity index (χ1) is 8.58. The quantitative estimate of drug-likeness (QED) is 0.885. The molecule has 106 valence electrons. The zero-order valence-electron chi connectivity index (χ0n) is 10.4. The van der Waals surface area contributed by atoms with Crippen LogP contribution in [0.3, 0.4) is 0 Å². The highest BCUT2D eigenvalue weighted by Crippen LogP contribution is 2.34. The molecule has 0 aliphatic carbocycles. The summed E-state index contributed by atoms with van der Waals surface area (Å²) in [5.74, 6) is -0.532. The predicted octanol–water partition coefficient (Wildman–Crippen LogP) is 3.53. The number of hydrogen-bond donors (Lipinski definition) is 2. The molecule has 0 fully saturated rings. The van der Waals surface area contributed by atoms with Gasteiger partial charge in [-0.15, -0.1) is 0 Å². The van der Waals surface area contributed by atoms with E-state index in [1.807, 2.05) is 0 Å². The molecule has 1 amide bonds. The molecule has 0 aliphatic rings. The summed E-state index contributed by atoms with van der Waals surface area (Å²) in [5, 5.41) is 2.40. The lowest BCUT2D eigenvalue weighted by molar-refractivity contribution is -0.137. The fourth-order valence-corrected chi connectivity index (χ4v) is 1.57. The minimum Gasteiger partial charge on any atom is -0.323 e. The van der Waals surface area contributed by atoms with Crippen LogP contribution in [-0.4, -0.2) is 11.4 Å². The van der Waals surface area contributed by atoms with Crippen molar-refractivity contribution < 1.29 is 18.0 Å². The van der Waals surface area contributed by atoms with E-state index in [1.165, 1.54) is 13.0 Å². The minimum atomic E-state index is -4.46. The third kappa shape index (κ3) is 3.94. The minimum absolute atomic E-state index is 0.0463. The Morgan fingerprint density at radius 1 is 1.42 bits per heavy atom. The van der Waals surface area contributed by atoms with Crippen molar-refractivity contribution in [2.24, 2.45) is 5.73 Å². The molecule has 1 atom stereocenters. The summed E-state index contributed by atoms with van der Waals surface area (Å²) in [6, 6.07) is 3.03. The maximum absolute atomic E-state index is 12.6. The van der Waals surface area contributed by atoms with Crippen LogP contribution in [0.15, 0.2) is 22.7 Å². The average Bonchev–Trinajstić information content (AvgIpc) is 2.30. The van der Waals surface area contributed by atoms with Crippen LogP contribution < -0.4 is 11.1 Å². The molecule has 0 aliphatic heterocycles. The normalized spacial score (nSPS) is 14.9. The van der Waals surface area contributed by atoms with Gasteiger partial charge >= 0.3 is 6.18 Å². The lowest BCUT2D eigenvalue weighted by Crippen LogP contribution is -2.47. The monoisotopic (exact) mass is 338 g/mol. The van der Waals surface area contributed by atoms with Crippen molar-refractivity contribution in [2.75, 3.05) is 5.32 Å². The van der Waals surface area contributed by atoms with Crippen LogP contribution in [0.5, 0.6) is 0 Å². The van der Waals surface area contributed by atoms with Crippen LogP contribution in [-0.2, 0) is 11.0 Å². The molecule has 19 heavy (non-hydrogen) atoms. The zero-order valence-corrected chi connectivity index (χ0v) is 12.0. The van der Waals surface area contributed by atoms with Gasteiger partial charge in [0, 0.05) is 4.47 Å². The molecule has 0 radical (unpaired) electrons. The average molecular weight is 339 g/mol. The van der Waals surface area contributed by atoms with Gasteiger partial charge in [-0.05, 0) is 47.5 Å². The molecular formula is C12H14BrF3N2O. The van der Waals surface area contributed by atoms with Gasteiger partial charge in [-0.3, -0.25) is 4.79 Å².